The number of nitrogens with two attached hydrogens (primary N) is 1. The molecule has 4 N–H and O–H groups in total. The van der Waals surface area contributed by atoms with Gasteiger partial charge in [0.15, 0.2) is 0 Å². The van der Waals surface area contributed by atoms with Crippen LogP contribution < -0.4 is 5.73 Å². The van der Waals surface area contributed by atoms with E-state index in [9.17, 15) is 10.2 Å². The first-order chi connectivity index (χ1) is 8.63. The van der Waals surface area contributed by atoms with Crippen molar-refractivity contribution in [2.24, 2.45) is 5.73 Å². The number of hydrogen-bond donors (Lipinski definition) is 3. The van der Waals surface area contributed by atoms with Crippen molar-refractivity contribution in [3.63, 3.8) is 0 Å². The first kappa shape index (κ1) is 13.2. The van der Waals surface area contributed by atoms with Crippen LogP contribution in [0.3, 0.4) is 0 Å². The topological polar surface area (TPSA) is 92.3 Å². The Balaban J connectivity index is 2.37. The second-order valence-corrected chi connectivity index (χ2v) is 4.39. The Morgan fingerprint density at radius 1 is 1.28 bits per heavy atom. The van der Waals surface area contributed by atoms with Crippen LogP contribution in [-0.2, 0) is 0 Å². The molecule has 0 spiro atoms. The van der Waals surface area contributed by atoms with Gasteiger partial charge in [0.25, 0.3) is 0 Å². The van der Waals surface area contributed by atoms with Crippen molar-refractivity contribution in [3.05, 3.63) is 35.2 Å². The van der Waals surface area contributed by atoms with Crippen molar-refractivity contribution in [1.29, 1.82) is 0 Å². The predicted octanol–water partition coefficient (Wildman–Crippen LogP) is 1.03. The van der Waals surface area contributed by atoms with Gasteiger partial charge in [-0.15, -0.1) is 0 Å². The molecule has 2 rings (SSSR count). The smallest absolute Gasteiger partial charge is 0.140 e. The molecule has 2 unspecified atom stereocenters. The fraction of sp³-hybridized carbons (Fsp3) is 0.333. The molecule has 0 bridgehead atoms. The first-order valence-electron chi connectivity index (χ1n) is 5.60. The molecule has 0 amide bonds. The van der Waals surface area contributed by atoms with E-state index in [-0.39, 0.29) is 0 Å². The van der Waals surface area contributed by atoms with E-state index < -0.39 is 12.2 Å². The van der Waals surface area contributed by atoms with E-state index in [1.54, 1.807) is 18.2 Å². The summed E-state index contributed by atoms with van der Waals surface area (Å²) in [7, 11) is 0. The second kappa shape index (κ2) is 5.58. The van der Waals surface area contributed by atoms with Gasteiger partial charge in [-0.1, -0.05) is 17.7 Å². The van der Waals surface area contributed by atoms with Gasteiger partial charge in [-0.3, -0.25) is 0 Å². The number of rotatable bonds is 4. The average Bonchev–Trinajstić information content (AvgIpc) is 2.38. The highest BCUT2D eigenvalue weighted by Crippen LogP contribution is 2.25. The molecule has 0 saturated heterocycles. The quantitative estimate of drug-likeness (QED) is 0.720. The Labute approximate surface area is 109 Å². The molecule has 0 fully saturated rings. The number of aromatic nitrogens is 2. The van der Waals surface area contributed by atoms with Crippen LogP contribution in [0.4, 0.5) is 0 Å². The van der Waals surface area contributed by atoms with Crippen molar-refractivity contribution < 1.29 is 10.2 Å². The van der Waals surface area contributed by atoms with Gasteiger partial charge >= 0.3 is 0 Å². The molecule has 2 aromatic rings. The van der Waals surface area contributed by atoms with Crippen LogP contribution in [0.2, 0.25) is 5.15 Å². The molecule has 0 aliphatic heterocycles. The molecule has 5 nitrogen and oxygen atoms in total. The molecule has 1 heterocycles. The molecule has 18 heavy (non-hydrogen) atoms. The third-order valence-corrected chi connectivity index (χ3v) is 3.08. The van der Waals surface area contributed by atoms with E-state index in [0.717, 1.165) is 0 Å². The summed E-state index contributed by atoms with van der Waals surface area (Å²) >= 11 is 5.96. The summed E-state index contributed by atoms with van der Waals surface area (Å²) in [5, 5.41) is 20.7. The van der Waals surface area contributed by atoms with Crippen LogP contribution in [0.15, 0.2) is 24.5 Å². The van der Waals surface area contributed by atoms with E-state index in [1.165, 1.54) is 6.33 Å². The highest BCUT2D eigenvalue weighted by molar-refractivity contribution is 6.34. The highest BCUT2D eigenvalue weighted by atomic mass is 35.5. The monoisotopic (exact) mass is 267 g/mol. The van der Waals surface area contributed by atoms with Crippen LogP contribution in [0.1, 0.15) is 18.1 Å². The minimum Gasteiger partial charge on any atom is -0.390 e. The number of fused-ring (bicyclic) bond motifs is 1. The molecule has 0 radical (unpaired) electrons. The van der Waals surface area contributed by atoms with E-state index in [1.807, 2.05) is 0 Å². The minimum atomic E-state index is -0.991. The molecule has 0 saturated carbocycles. The van der Waals surface area contributed by atoms with Crippen LogP contribution in [0, 0.1) is 0 Å². The summed E-state index contributed by atoms with van der Waals surface area (Å²) < 4.78 is 0. The number of aliphatic hydroxyl groups excluding tert-OH is 2. The summed E-state index contributed by atoms with van der Waals surface area (Å²) in [4.78, 5) is 7.94. The fourth-order valence-electron chi connectivity index (χ4n) is 1.78. The normalized spacial score (nSPS) is 14.7. The van der Waals surface area contributed by atoms with E-state index >= 15 is 0 Å². The van der Waals surface area contributed by atoms with E-state index in [4.69, 9.17) is 17.3 Å². The summed E-state index contributed by atoms with van der Waals surface area (Å²) in [6.07, 6.45) is -0.174. The molecule has 96 valence electrons. The first-order valence-corrected chi connectivity index (χ1v) is 5.97. The van der Waals surface area contributed by atoms with Gasteiger partial charge in [-0.05, 0) is 30.7 Å². The van der Waals surface area contributed by atoms with Crippen LogP contribution in [0.25, 0.3) is 10.9 Å². The highest BCUT2D eigenvalue weighted by Gasteiger charge is 2.18. The lowest BCUT2D eigenvalue weighted by atomic mass is 10.0. The lowest BCUT2D eigenvalue weighted by molar-refractivity contribution is 0.0151. The fourth-order valence-corrected chi connectivity index (χ4v) is 1.97. The summed E-state index contributed by atoms with van der Waals surface area (Å²) in [5.74, 6) is 0. The van der Waals surface area contributed by atoms with Crippen molar-refractivity contribution in [2.45, 2.75) is 18.6 Å². The Hall–Kier alpha value is -1.27. The molecule has 1 aromatic carbocycles. The maximum absolute atomic E-state index is 9.98. The number of halogens is 1. The second-order valence-electron chi connectivity index (χ2n) is 4.03. The Morgan fingerprint density at radius 3 is 2.78 bits per heavy atom. The lowest BCUT2D eigenvalue weighted by Crippen LogP contribution is -2.21. The molecule has 6 heteroatoms. The zero-order valence-electron chi connectivity index (χ0n) is 9.62. The standard InChI is InChI=1S/C12H14ClN3O2/c13-12-8-5-7(11(18)10(17)3-4-14)1-2-9(8)15-6-16-12/h1-2,5-6,10-11,17-18H,3-4,14H2. The van der Waals surface area contributed by atoms with Crippen molar-refractivity contribution in [2.75, 3.05) is 6.54 Å². The molecule has 1 aromatic heterocycles. The zero-order chi connectivity index (χ0) is 13.1. The van der Waals surface area contributed by atoms with Gasteiger partial charge in [-0.25, -0.2) is 9.97 Å². The van der Waals surface area contributed by atoms with E-state index in [2.05, 4.69) is 9.97 Å². The largest absolute Gasteiger partial charge is 0.390 e. The van der Waals surface area contributed by atoms with Crippen molar-refractivity contribution in [1.82, 2.24) is 9.97 Å². The zero-order valence-corrected chi connectivity index (χ0v) is 10.4. The number of aliphatic hydroxyl groups is 2. The SMILES string of the molecule is NCCC(O)C(O)c1ccc2ncnc(Cl)c2c1. The summed E-state index contributed by atoms with van der Waals surface area (Å²) in [6.45, 7) is 0.315. The summed E-state index contributed by atoms with van der Waals surface area (Å²) in [5.41, 5.74) is 6.61. The van der Waals surface area contributed by atoms with Gasteiger partial charge in [0, 0.05) is 5.39 Å². The van der Waals surface area contributed by atoms with Crippen molar-refractivity contribution in [3.8, 4) is 0 Å². The van der Waals surface area contributed by atoms with Gasteiger partial charge in [0.05, 0.1) is 11.6 Å². The van der Waals surface area contributed by atoms with Crippen molar-refractivity contribution >= 4 is 22.5 Å². The van der Waals surface area contributed by atoms with Crippen LogP contribution >= 0.6 is 11.6 Å². The molecule has 2 atom stereocenters. The van der Waals surface area contributed by atoms with Crippen LogP contribution in [-0.4, -0.2) is 32.8 Å². The number of hydrogen-bond acceptors (Lipinski definition) is 5. The predicted molar refractivity (Wildman–Crippen MR) is 69.2 cm³/mol. The lowest BCUT2D eigenvalue weighted by Gasteiger charge is -2.17. The van der Waals surface area contributed by atoms with Gasteiger partial charge in [-0.2, -0.15) is 0 Å². The Morgan fingerprint density at radius 2 is 2.06 bits per heavy atom. The van der Waals surface area contributed by atoms with Gasteiger partial charge < -0.3 is 15.9 Å². The Kier molecular flexibility index (Phi) is 4.08. The summed E-state index contributed by atoms with van der Waals surface area (Å²) in [6, 6.07) is 5.12. The molecule has 0 aliphatic rings. The maximum atomic E-state index is 9.98. The third kappa shape index (κ3) is 2.59. The average molecular weight is 268 g/mol. The van der Waals surface area contributed by atoms with Gasteiger partial charge in [0.1, 0.15) is 17.6 Å². The number of nitrogens with zero attached hydrogens (tertiary/aromatic N) is 2. The molecule has 0 aliphatic carbocycles. The van der Waals surface area contributed by atoms with E-state index in [0.29, 0.717) is 34.6 Å². The third-order valence-electron chi connectivity index (χ3n) is 2.78. The van der Waals surface area contributed by atoms with Crippen LogP contribution in [0.5, 0.6) is 0 Å². The molecular weight excluding hydrogens is 254 g/mol. The Bertz CT molecular complexity index is 550. The number of benzene rings is 1. The molecular formula is C12H14ClN3O2. The van der Waals surface area contributed by atoms with Gasteiger partial charge in [0.2, 0.25) is 0 Å². The minimum absolute atomic E-state index is 0.315. The maximum Gasteiger partial charge on any atom is 0.140 e.